The summed E-state index contributed by atoms with van der Waals surface area (Å²) in [6, 6.07) is 0. The Balaban J connectivity index is 1.44. The Labute approximate surface area is 192 Å². The fourth-order valence-corrected chi connectivity index (χ4v) is 5.22. The Morgan fingerprint density at radius 1 is 0.765 bits per heavy atom. The molecule has 14 heteroatoms. The zero-order chi connectivity index (χ0) is 25.2. The van der Waals surface area contributed by atoms with Crippen LogP contribution >= 0.6 is 0 Å². The number of benzene rings is 1. The van der Waals surface area contributed by atoms with E-state index in [-0.39, 0.29) is 12.8 Å². The maximum absolute atomic E-state index is 13.8. The molecule has 1 aromatic rings. The van der Waals surface area contributed by atoms with E-state index in [1.807, 2.05) is 0 Å². The van der Waals surface area contributed by atoms with Crippen molar-refractivity contribution in [2.24, 2.45) is 0 Å². The van der Waals surface area contributed by atoms with Crippen LogP contribution in [0, 0.1) is 29.1 Å². The summed E-state index contributed by atoms with van der Waals surface area (Å²) in [6.45, 7) is 6.78. The summed E-state index contributed by atoms with van der Waals surface area (Å²) in [4.78, 5) is 0. The van der Waals surface area contributed by atoms with E-state index in [9.17, 15) is 30.4 Å². The molecule has 192 valence electrons. The molecule has 0 bridgehead atoms. The summed E-state index contributed by atoms with van der Waals surface area (Å²) < 4.78 is 125. The molecule has 1 aromatic carbocycles. The molecule has 4 rings (SSSR count). The summed E-state index contributed by atoms with van der Waals surface area (Å²) in [5, 5.41) is 0. The van der Waals surface area contributed by atoms with Crippen LogP contribution in [0.1, 0.15) is 40.5 Å². The van der Waals surface area contributed by atoms with E-state index in [2.05, 4.69) is 4.18 Å². The fourth-order valence-electron chi connectivity index (χ4n) is 4.21. The van der Waals surface area contributed by atoms with Crippen LogP contribution in [0.2, 0.25) is 0 Å². The fraction of sp³-hybridized carbons (Fsp3) is 0.700. The first-order valence-electron chi connectivity index (χ1n) is 10.4. The molecular weight excluding hydrogens is 495 g/mol. The van der Waals surface area contributed by atoms with E-state index in [4.69, 9.17) is 23.7 Å². The van der Waals surface area contributed by atoms with Crippen molar-refractivity contribution in [3.8, 4) is 5.75 Å². The highest BCUT2D eigenvalue weighted by molar-refractivity contribution is 7.87. The maximum Gasteiger partial charge on any atom is 0.309 e. The van der Waals surface area contributed by atoms with Crippen molar-refractivity contribution in [1.82, 2.24) is 0 Å². The summed E-state index contributed by atoms with van der Waals surface area (Å²) in [7, 11) is -4.73. The third-order valence-corrected chi connectivity index (χ3v) is 6.72. The maximum atomic E-state index is 13.8. The third-order valence-electron chi connectivity index (χ3n) is 5.51. The van der Waals surface area contributed by atoms with Crippen molar-refractivity contribution >= 4 is 10.1 Å². The number of rotatable bonds is 6. The number of halogens is 5. The van der Waals surface area contributed by atoms with Gasteiger partial charge in [-0.3, -0.25) is 0 Å². The van der Waals surface area contributed by atoms with Crippen LogP contribution in [0.25, 0.3) is 0 Å². The lowest BCUT2D eigenvalue weighted by molar-refractivity contribution is -0.234. The zero-order valence-corrected chi connectivity index (χ0v) is 19.4. The van der Waals surface area contributed by atoms with E-state index >= 15 is 0 Å². The van der Waals surface area contributed by atoms with Crippen molar-refractivity contribution in [3.05, 3.63) is 29.1 Å². The second kappa shape index (κ2) is 8.52. The molecule has 0 aromatic heterocycles. The molecule has 0 unspecified atom stereocenters. The lowest BCUT2D eigenvalue weighted by Gasteiger charge is -2.37. The number of ether oxygens (including phenoxy) is 5. The Bertz CT molecular complexity index is 1050. The van der Waals surface area contributed by atoms with E-state index in [0.717, 1.165) is 0 Å². The molecule has 5 atom stereocenters. The molecular formula is C20H23F5O8S. The van der Waals surface area contributed by atoms with Gasteiger partial charge in [0.1, 0.15) is 18.3 Å². The molecule has 0 radical (unpaired) electrons. The topological polar surface area (TPSA) is 89.5 Å². The molecule has 3 saturated heterocycles. The van der Waals surface area contributed by atoms with Gasteiger partial charge in [-0.1, -0.05) is 0 Å². The van der Waals surface area contributed by atoms with Gasteiger partial charge in [0.2, 0.25) is 34.8 Å². The molecule has 8 nitrogen and oxygen atoms in total. The van der Waals surface area contributed by atoms with Crippen molar-refractivity contribution in [2.45, 2.75) is 82.8 Å². The number of hydrogen-bond acceptors (Lipinski definition) is 8. The molecule has 3 aliphatic rings. The first-order valence-corrected chi connectivity index (χ1v) is 12.0. The summed E-state index contributed by atoms with van der Waals surface area (Å²) >= 11 is 0. The van der Waals surface area contributed by atoms with Gasteiger partial charge < -0.3 is 27.9 Å². The van der Waals surface area contributed by atoms with Crippen molar-refractivity contribution in [1.29, 1.82) is 0 Å². The Morgan fingerprint density at radius 2 is 1.26 bits per heavy atom. The molecule has 34 heavy (non-hydrogen) atoms. The summed E-state index contributed by atoms with van der Waals surface area (Å²) in [5.74, 6) is -16.4. The van der Waals surface area contributed by atoms with E-state index < -0.39 is 93.0 Å². The lowest BCUT2D eigenvalue weighted by Crippen LogP contribution is -2.54. The second-order valence-corrected chi connectivity index (χ2v) is 10.8. The van der Waals surface area contributed by atoms with Crippen molar-refractivity contribution < 1.29 is 58.2 Å². The standard InChI is InChI=1S/C20H23F5O8S/c1-19(2)29-14-8(28-18-17(16(14)30-19)31-20(3,4)32-18)6-5-7-34(26,27)33-15-12(24)10(22)9(21)11(23)13(15)25/h8,14,16-18H,5-7H2,1-4H3/t8-,14+,16+,17-,18-/m1/s1. The highest BCUT2D eigenvalue weighted by Gasteiger charge is 2.60. The van der Waals surface area contributed by atoms with E-state index in [1.165, 1.54) is 0 Å². The Morgan fingerprint density at radius 3 is 1.88 bits per heavy atom. The minimum Gasteiger partial charge on any atom is -0.376 e. The average molecular weight is 518 g/mol. The Kier molecular flexibility index (Phi) is 6.39. The highest BCUT2D eigenvalue weighted by Crippen LogP contribution is 2.45. The van der Waals surface area contributed by atoms with Gasteiger partial charge in [0.15, 0.2) is 17.9 Å². The normalized spacial score (nSPS) is 31.9. The van der Waals surface area contributed by atoms with Gasteiger partial charge in [-0.25, -0.2) is 13.2 Å². The predicted molar refractivity (Wildman–Crippen MR) is 102 cm³/mol. The molecule has 0 spiro atoms. The van der Waals surface area contributed by atoms with Crippen LogP contribution in [-0.4, -0.2) is 56.5 Å². The number of hydrogen-bond donors (Lipinski definition) is 0. The van der Waals surface area contributed by atoms with Crippen LogP contribution in [0.5, 0.6) is 5.75 Å². The van der Waals surface area contributed by atoms with Crippen LogP contribution < -0.4 is 4.18 Å². The minimum atomic E-state index is -4.73. The summed E-state index contributed by atoms with van der Waals surface area (Å²) in [5.41, 5.74) is 0. The third kappa shape index (κ3) is 4.75. The molecule has 3 aliphatic heterocycles. The molecule has 0 N–H and O–H groups in total. The van der Waals surface area contributed by atoms with Gasteiger partial charge in [0.05, 0.1) is 11.9 Å². The average Bonchev–Trinajstić information content (AvgIpc) is 3.22. The van der Waals surface area contributed by atoms with Crippen LogP contribution in [-0.2, 0) is 33.8 Å². The molecule has 0 aliphatic carbocycles. The zero-order valence-electron chi connectivity index (χ0n) is 18.6. The number of fused-ring (bicyclic) bond motifs is 3. The Hall–Kier alpha value is -1.58. The minimum absolute atomic E-state index is 0.0628. The highest BCUT2D eigenvalue weighted by atomic mass is 32.2. The quantitative estimate of drug-likeness (QED) is 0.246. The SMILES string of the molecule is CC1(C)O[C@H]2[C@@H](O1)[C@@H](CCCS(=O)(=O)Oc1c(F)c(F)c(F)c(F)c1F)O[C@@H]1OC(C)(C)O[C@@H]12. The largest absolute Gasteiger partial charge is 0.376 e. The molecule has 0 amide bonds. The van der Waals surface area contributed by atoms with Gasteiger partial charge in [0.25, 0.3) is 0 Å². The van der Waals surface area contributed by atoms with Crippen LogP contribution in [0.3, 0.4) is 0 Å². The van der Waals surface area contributed by atoms with Gasteiger partial charge in [-0.2, -0.15) is 17.2 Å². The van der Waals surface area contributed by atoms with Gasteiger partial charge in [-0.15, -0.1) is 0 Å². The van der Waals surface area contributed by atoms with E-state index in [1.54, 1.807) is 27.7 Å². The van der Waals surface area contributed by atoms with Crippen molar-refractivity contribution in [3.63, 3.8) is 0 Å². The van der Waals surface area contributed by atoms with E-state index in [0.29, 0.717) is 0 Å². The van der Waals surface area contributed by atoms with Crippen molar-refractivity contribution in [2.75, 3.05) is 5.75 Å². The lowest BCUT2D eigenvalue weighted by atomic mass is 9.96. The summed E-state index contributed by atoms with van der Waals surface area (Å²) in [6.07, 6.45) is -3.38. The first-order chi connectivity index (χ1) is 15.6. The molecule has 3 heterocycles. The van der Waals surface area contributed by atoms with Gasteiger partial charge in [0, 0.05) is 0 Å². The monoisotopic (exact) mass is 518 g/mol. The van der Waals surface area contributed by atoms with Gasteiger partial charge >= 0.3 is 10.1 Å². The van der Waals surface area contributed by atoms with Crippen LogP contribution in [0.15, 0.2) is 0 Å². The molecule has 0 saturated carbocycles. The van der Waals surface area contributed by atoms with Crippen LogP contribution in [0.4, 0.5) is 22.0 Å². The predicted octanol–water partition coefficient (Wildman–Crippen LogP) is 3.27. The second-order valence-electron chi connectivity index (χ2n) is 9.09. The van der Waals surface area contributed by atoms with Gasteiger partial charge in [-0.05, 0) is 40.5 Å². The smallest absolute Gasteiger partial charge is 0.309 e. The molecule has 3 fully saturated rings. The first kappa shape index (κ1) is 25.5.